The standard InChI is InChI=1S/C28H27N3O3/c1-18-3-10-25(19(2)13-18)28(33)34-17-20-4-6-21(7-5-20)26(15-29)27(32)31-24-9-8-23-16-30-12-11-22(23)14-24/h3-14,16,26H,15,17,29H2,1-2H3,(H,31,32)/i16D,17D2,26D. The van der Waals surface area contributed by atoms with Crippen LogP contribution in [0.1, 0.15) is 44.0 Å². The molecule has 4 rings (SSSR count). The normalized spacial score (nSPS) is 14.8. The minimum Gasteiger partial charge on any atom is -0.457 e. The van der Waals surface area contributed by atoms with E-state index in [9.17, 15) is 9.59 Å². The minimum atomic E-state index is -2.45. The molecular weight excluding hydrogens is 426 g/mol. The Hall–Kier alpha value is -4.03. The van der Waals surface area contributed by atoms with E-state index in [0.29, 0.717) is 22.0 Å². The summed E-state index contributed by atoms with van der Waals surface area (Å²) in [6.07, 6.45) is 1.63. The number of anilines is 1. The molecule has 0 radical (unpaired) electrons. The van der Waals surface area contributed by atoms with E-state index in [-0.39, 0.29) is 29.4 Å². The molecule has 1 aromatic heterocycles. The number of nitrogens with two attached hydrogens (primary N) is 1. The van der Waals surface area contributed by atoms with Gasteiger partial charge >= 0.3 is 5.97 Å². The molecule has 0 saturated heterocycles. The topological polar surface area (TPSA) is 94.3 Å². The smallest absolute Gasteiger partial charge is 0.338 e. The first-order chi connectivity index (χ1) is 17.9. The molecule has 0 fully saturated rings. The molecule has 1 amide bonds. The van der Waals surface area contributed by atoms with Crippen LogP contribution in [-0.4, -0.2) is 23.4 Å². The van der Waals surface area contributed by atoms with Crippen molar-refractivity contribution in [2.45, 2.75) is 26.3 Å². The lowest BCUT2D eigenvalue weighted by Gasteiger charge is -2.16. The highest BCUT2D eigenvalue weighted by Gasteiger charge is 2.19. The number of benzene rings is 3. The first-order valence-corrected chi connectivity index (χ1v) is 10.7. The number of aromatic nitrogens is 1. The van der Waals surface area contributed by atoms with E-state index in [1.54, 1.807) is 43.3 Å². The molecule has 1 atom stereocenters. The summed E-state index contributed by atoms with van der Waals surface area (Å²) in [5, 5.41) is 4.06. The molecule has 3 aromatic carbocycles. The summed E-state index contributed by atoms with van der Waals surface area (Å²) in [6.45, 7) is 0.867. The summed E-state index contributed by atoms with van der Waals surface area (Å²) in [5.74, 6) is -3.33. The van der Waals surface area contributed by atoms with Crippen molar-refractivity contribution in [1.29, 1.82) is 0 Å². The van der Waals surface area contributed by atoms with Gasteiger partial charge in [-0.3, -0.25) is 9.78 Å². The van der Waals surface area contributed by atoms with Crippen molar-refractivity contribution in [2.75, 3.05) is 11.9 Å². The lowest BCUT2D eigenvalue weighted by atomic mass is 9.97. The minimum absolute atomic E-state index is 0.0495. The van der Waals surface area contributed by atoms with Crippen molar-refractivity contribution in [2.24, 2.45) is 5.73 Å². The number of nitrogens with one attached hydrogen (secondary N) is 1. The van der Waals surface area contributed by atoms with Gasteiger partial charge in [0.05, 0.1) is 15.6 Å². The molecule has 0 aliphatic carbocycles. The number of rotatable bonds is 7. The molecule has 172 valence electrons. The first kappa shape index (κ1) is 18.4. The molecule has 1 heterocycles. The van der Waals surface area contributed by atoms with Crippen LogP contribution in [0.25, 0.3) is 10.8 Å². The predicted molar refractivity (Wildman–Crippen MR) is 134 cm³/mol. The number of carbonyl (C=O) groups is 2. The van der Waals surface area contributed by atoms with Gasteiger partial charge in [-0.25, -0.2) is 4.79 Å². The average Bonchev–Trinajstić information content (AvgIpc) is 2.88. The van der Waals surface area contributed by atoms with Crippen LogP contribution in [0.2, 0.25) is 0 Å². The number of fused-ring (bicyclic) bond motifs is 1. The van der Waals surface area contributed by atoms with Crippen molar-refractivity contribution in [1.82, 2.24) is 4.98 Å². The summed E-state index contributed by atoms with van der Waals surface area (Å²) < 4.78 is 38.5. The quantitative estimate of drug-likeness (QED) is 0.385. The van der Waals surface area contributed by atoms with E-state index < -0.39 is 24.3 Å². The summed E-state index contributed by atoms with van der Waals surface area (Å²) >= 11 is 0. The van der Waals surface area contributed by atoms with Crippen LogP contribution >= 0.6 is 0 Å². The van der Waals surface area contributed by atoms with Crippen molar-refractivity contribution in [3.8, 4) is 0 Å². The number of pyridine rings is 1. The second-order valence-electron chi connectivity index (χ2n) is 7.88. The molecule has 34 heavy (non-hydrogen) atoms. The van der Waals surface area contributed by atoms with Crippen molar-refractivity contribution >= 4 is 28.3 Å². The highest BCUT2D eigenvalue weighted by atomic mass is 16.5. The van der Waals surface area contributed by atoms with Gasteiger partial charge < -0.3 is 15.8 Å². The lowest BCUT2D eigenvalue weighted by molar-refractivity contribution is -0.117. The van der Waals surface area contributed by atoms with Gasteiger partial charge in [-0.05, 0) is 60.2 Å². The summed E-state index contributed by atoms with van der Waals surface area (Å²) in [7, 11) is 0. The first-order valence-electron chi connectivity index (χ1n) is 12.7. The Morgan fingerprint density at radius 2 is 1.88 bits per heavy atom. The third-order valence-corrected chi connectivity index (χ3v) is 5.40. The lowest BCUT2D eigenvalue weighted by Crippen LogP contribution is -2.27. The Kier molecular flexibility index (Phi) is 5.56. The van der Waals surface area contributed by atoms with E-state index in [1.807, 2.05) is 13.0 Å². The van der Waals surface area contributed by atoms with Gasteiger partial charge in [-0.15, -0.1) is 0 Å². The van der Waals surface area contributed by atoms with E-state index in [2.05, 4.69) is 10.3 Å². The fourth-order valence-corrected chi connectivity index (χ4v) is 3.60. The van der Waals surface area contributed by atoms with E-state index in [0.717, 1.165) is 5.56 Å². The number of esters is 1. The summed E-state index contributed by atoms with van der Waals surface area (Å²) in [4.78, 5) is 29.7. The number of carbonyl (C=O) groups excluding carboxylic acids is 2. The Balaban J connectivity index is 1.53. The zero-order valence-electron chi connectivity index (χ0n) is 22.9. The molecule has 0 bridgehead atoms. The molecule has 1 unspecified atom stereocenters. The third-order valence-electron chi connectivity index (χ3n) is 5.40. The van der Waals surface area contributed by atoms with Crippen LogP contribution in [0.15, 0.2) is 79.1 Å². The average molecular weight is 458 g/mol. The number of hydrogen-bond acceptors (Lipinski definition) is 5. The van der Waals surface area contributed by atoms with Crippen LogP contribution in [0.3, 0.4) is 0 Å². The van der Waals surface area contributed by atoms with Crippen molar-refractivity contribution in [3.63, 3.8) is 0 Å². The zero-order chi connectivity index (χ0) is 27.7. The molecule has 6 nitrogen and oxygen atoms in total. The Morgan fingerprint density at radius 3 is 2.62 bits per heavy atom. The molecule has 0 aliphatic heterocycles. The Labute approximate surface area is 204 Å². The largest absolute Gasteiger partial charge is 0.457 e. The number of nitrogens with zero attached hydrogens (tertiary/aromatic N) is 1. The highest BCUT2D eigenvalue weighted by Crippen LogP contribution is 2.22. The summed E-state index contributed by atoms with van der Waals surface area (Å²) in [6, 6.07) is 17.5. The number of aryl methyl sites for hydroxylation is 2. The van der Waals surface area contributed by atoms with Crippen LogP contribution in [0, 0.1) is 13.8 Å². The van der Waals surface area contributed by atoms with E-state index in [1.165, 1.54) is 30.5 Å². The molecule has 6 heteroatoms. The van der Waals surface area contributed by atoms with Crippen LogP contribution in [0.4, 0.5) is 5.69 Å². The van der Waals surface area contributed by atoms with Crippen LogP contribution < -0.4 is 11.1 Å². The fourth-order valence-electron chi connectivity index (χ4n) is 3.60. The molecule has 4 aromatic rings. The second kappa shape index (κ2) is 10.3. The fraction of sp³-hybridized carbons (Fsp3) is 0.179. The van der Waals surface area contributed by atoms with Crippen molar-refractivity contribution < 1.29 is 19.8 Å². The second-order valence-corrected chi connectivity index (χ2v) is 7.88. The zero-order valence-corrected chi connectivity index (χ0v) is 18.9. The van der Waals surface area contributed by atoms with Gasteiger partial charge in [-0.1, -0.05) is 48.0 Å². The van der Waals surface area contributed by atoms with Crippen molar-refractivity contribution in [3.05, 3.63) is 107 Å². The Bertz CT molecular complexity index is 1530. The number of hydrogen-bond donors (Lipinski definition) is 2. The molecular formula is C28H27N3O3. The van der Waals surface area contributed by atoms with Gasteiger partial charge in [0, 0.05) is 31.4 Å². The maximum absolute atomic E-state index is 13.1. The van der Waals surface area contributed by atoms with Gasteiger partial charge in [-0.2, -0.15) is 0 Å². The van der Waals surface area contributed by atoms with Gasteiger partial charge in [0.25, 0.3) is 0 Å². The number of ether oxygens (including phenoxy) is 1. The van der Waals surface area contributed by atoms with E-state index in [4.69, 9.17) is 16.0 Å². The monoisotopic (exact) mass is 457 g/mol. The van der Waals surface area contributed by atoms with Crippen LogP contribution in [-0.2, 0) is 16.1 Å². The SMILES string of the molecule is [2H]c1nccc2cc(NC(=O)C([2H])(CN)c3ccc(C([2H])([2H])OC(=O)c4ccc(C)cc4C)cc3)ccc12. The molecule has 3 N–H and O–H groups in total. The molecule has 0 spiro atoms. The van der Waals surface area contributed by atoms with Gasteiger partial charge in [0.1, 0.15) is 6.56 Å². The van der Waals surface area contributed by atoms with Gasteiger partial charge in [0.2, 0.25) is 5.91 Å². The number of amides is 1. The molecule has 0 aliphatic rings. The highest BCUT2D eigenvalue weighted by molar-refractivity contribution is 5.98. The van der Waals surface area contributed by atoms with Gasteiger partial charge in [0.15, 0.2) is 0 Å². The third kappa shape index (κ3) is 5.30. The molecule has 0 saturated carbocycles. The van der Waals surface area contributed by atoms with Crippen LogP contribution in [0.5, 0.6) is 0 Å². The van der Waals surface area contributed by atoms with E-state index >= 15 is 0 Å². The maximum Gasteiger partial charge on any atom is 0.338 e. The predicted octanol–water partition coefficient (Wildman–Crippen LogP) is 4.89. The Morgan fingerprint density at radius 1 is 1.09 bits per heavy atom. The summed E-state index contributed by atoms with van der Waals surface area (Å²) in [5.41, 5.74) is 8.51. The maximum atomic E-state index is 13.1.